The Morgan fingerprint density at radius 2 is 2.16 bits per heavy atom. The topological polar surface area (TPSA) is 78.7 Å². The lowest BCUT2D eigenvalue weighted by molar-refractivity contribution is 0.592. The van der Waals surface area contributed by atoms with E-state index < -0.39 is 17.1 Å². The van der Waals surface area contributed by atoms with E-state index in [1.165, 1.54) is 24.4 Å². The molecule has 0 aliphatic carbocycles. The van der Waals surface area contributed by atoms with Crippen molar-refractivity contribution in [1.29, 1.82) is 5.26 Å². The van der Waals surface area contributed by atoms with Crippen LogP contribution >= 0.6 is 15.9 Å². The van der Waals surface area contributed by atoms with Crippen molar-refractivity contribution in [2.75, 3.05) is 0 Å². The number of nitrogens with one attached hydrogen (secondary N) is 1. The summed E-state index contributed by atoms with van der Waals surface area (Å²) in [6.45, 7) is -0.0738. The zero-order chi connectivity index (χ0) is 14.0. The highest BCUT2D eigenvalue weighted by Crippen LogP contribution is 2.11. The Morgan fingerprint density at radius 1 is 1.42 bits per heavy atom. The number of nitriles is 1. The number of aromatic nitrogens is 2. The summed E-state index contributed by atoms with van der Waals surface area (Å²) in [5.74, 6) is -0.520. The Balaban J connectivity index is 2.48. The van der Waals surface area contributed by atoms with Crippen molar-refractivity contribution in [3.63, 3.8) is 0 Å². The molecule has 0 radical (unpaired) electrons. The number of benzene rings is 1. The number of aromatic amines is 1. The zero-order valence-electron chi connectivity index (χ0n) is 9.48. The summed E-state index contributed by atoms with van der Waals surface area (Å²) in [6.07, 6.45) is 1.28. The first-order chi connectivity index (χ1) is 9.01. The lowest BCUT2D eigenvalue weighted by Crippen LogP contribution is -2.30. The second-order valence-electron chi connectivity index (χ2n) is 3.78. The van der Waals surface area contributed by atoms with Gasteiger partial charge in [0.25, 0.3) is 5.56 Å². The average Bonchev–Trinajstić information content (AvgIpc) is 2.38. The van der Waals surface area contributed by atoms with E-state index in [1.807, 2.05) is 6.07 Å². The van der Waals surface area contributed by atoms with Crippen LogP contribution in [0.25, 0.3) is 0 Å². The smallest absolute Gasteiger partial charge is 0.295 e. The maximum Gasteiger partial charge on any atom is 0.328 e. The molecule has 0 atom stereocenters. The SMILES string of the molecule is N#Cc1ccc(F)c(Cn2cc(Br)c(=O)[nH]c2=O)c1. The molecule has 7 heteroatoms. The molecular formula is C12H7BrFN3O2. The van der Waals surface area contributed by atoms with Crippen LogP contribution in [0.1, 0.15) is 11.1 Å². The molecule has 0 aliphatic heterocycles. The van der Waals surface area contributed by atoms with Gasteiger partial charge in [0.15, 0.2) is 0 Å². The second-order valence-corrected chi connectivity index (χ2v) is 4.64. The van der Waals surface area contributed by atoms with Gasteiger partial charge in [-0.25, -0.2) is 9.18 Å². The molecule has 1 aromatic heterocycles. The van der Waals surface area contributed by atoms with Crippen LogP contribution in [0, 0.1) is 17.1 Å². The molecule has 2 rings (SSSR count). The monoisotopic (exact) mass is 323 g/mol. The highest BCUT2D eigenvalue weighted by atomic mass is 79.9. The van der Waals surface area contributed by atoms with E-state index in [9.17, 15) is 14.0 Å². The lowest BCUT2D eigenvalue weighted by atomic mass is 10.1. The lowest BCUT2D eigenvalue weighted by Gasteiger charge is -2.07. The van der Waals surface area contributed by atoms with Crippen LogP contribution in [0.15, 0.2) is 38.5 Å². The summed E-state index contributed by atoms with van der Waals surface area (Å²) in [7, 11) is 0. The number of hydrogen-bond acceptors (Lipinski definition) is 3. The number of hydrogen-bond donors (Lipinski definition) is 1. The summed E-state index contributed by atoms with van der Waals surface area (Å²) < 4.78 is 14.9. The molecule has 0 saturated heterocycles. The first-order valence-electron chi connectivity index (χ1n) is 5.19. The average molecular weight is 324 g/mol. The van der Waals surface area contributed by atoms with Gasteiger partial charge in [-0.3, -0.25) is 14.3 Å². The maximum atomic E-state index is 13.6. The Hall–Kier alpha value is -2.20. The second kappa shape index (κ2) is 5.20. The van der Waals surface area contributed by atoms with Crippen molar-refractivity contribution in [2.45, 2.75) is 6.54 Å². The third kappa shape index (κ3) is 2.80. The van der Waals surface area contributed by atoms with Crippen molar-refractivity contribution in [2.24, 2.45) is 0 Å². The fourth-order valence-corrected chi connectivity index (χ4v) is 1.90. The molecule has 1 N–H and O–H groups in total. The van der Waals surface area contributed by atoms with Gasteiger partial charge < -0.3 is 0 Å². The summed E-state index contributed by atoms with van der Waals surface area (Å²) in [5, 5.41) is 8.76. The van der Waals surface area contributed by atoms with E-state index in [0.29, 0.717) is 5.56 Å². The molecule has 19 heavy (non-hydrogen) atoms. The minimum Gasteiger partial charge on any atom is -0.295 e. The predicted octanol–water partition coefficient (Wildman–Crippen LogP) is 1.36. The van der Waals surface area contributed by atoms with Crippen molar-refractivity contribution in [3.05, 3.63) is 66.7 Å². The Labute approximate surface area is 115 Å². The molecule has 0 fully saturated rings. The normalized spacial score (nSPS) is 10.2. The van der Waals surface area contributed by atoms with Gasteiger partial charge >= 0.3 is 5.69 Å². The summed E-state index contributed by atoms with van der Waals surface area (Å²) in [5.41, 5.74) is -0.699. The van der Waals surface area contributed by atoms with Gasteiger partial charge in [-0.1, -0.05) is 0 Å². The highest BCUT2D eigenvalue weighted by molar-refractivity contribution is 9.10. The third-order valence-electron chi connectivity index (χ3n) is 2.48. The van der Waals surface area contributed by atoms with Crippen molar-refractivity contribution in [3.8, 4) is 6.07 Å². The minimum absolute atomic E-state index is 0.0738. The third-order valence-corrected chi connectivity index (χ3v) is 3.05. The van der Waals surface area contributed by atoms with Crippen LogP contribution in [-0.2, 0) is 6.54 Å². The van der Waals surface area contributed by atoms with Gasteiger partial charge in [0.1, 0.15) is 5.82 Å². The van der Waals surface area contributed by atoms with E-state index >= 15 is 0 Å². The Morgan fingerprint density at radius 3 is 2.84 bits per heavy atom. The number of nitrogens with zero attached hydrogens (tertiary/aromatic N) is 2. The predicted molar refractivity (Wildman–Crippen MR) is 69.2 cm³/mol. The fraction of sp³-hybridized carbons (Fsp3) is 0.0833. The van der Waals surface area contributed by atoms with Crippen LogP contribution in [0.2, 0.25) is 0 Å². The fourth-order valence-electron chi connectivity index (χ4n) is 1.55. The van der Waals surface area contributed by atoms with E-state index in [2.05, 4.69) is 20.9 Å². The van der Waals surface area contributed by atoms with E-state index in [4.69, 9.17) is 5.26 Å². The zero-order valence-corrected chi connectivity index (χ0v) is 11.1. The first kappa shape index (κ1) is 13.2. The maximum absolute atomic E-state index is 13.6. The van der Waals surface area contributed by atoms with Crippen LogP contribution in [-0.4, -0.2) is 9.55 Å². The minimum atomic E-state index is -0.644. The van der Waals surface area contributed by atoms with Crippen LogP contribution in [0.5, 0.6) is 0 Å². The van der Waals surface area contributed by atoms with Gasteiger partial charge in [-0.05, 0) is 34.1 Å². The van der Waals surface area contributed by atoms with Gasteiger partial charge in [0.2, 0.25) is 0 Å². The van der Waals surface area contributed by atoms with Crippen molar-refractivity contribution < 1.29 is 4.39 Å². The molecule has 0 aliphatic rings. The molecule has 96 valence electrons. The van der Waals surface area contributed by atoms with Crippen molar-refractivity contribution in [1.82, 2.24) is 9.55 Å². The highest BCUT2D eigenvalue weighted by Gasteiger charge is 2.07. The standard InChI is InChI=1S/C12H7BrFN3O2/c13-9-6-17(12(19)16-11(9)18)5-8-3-7(4-15)1-2-10(8)14/h1-3,6H,5H2,(H,16,18,19). The summed E-state index contributed by atoms with van der Waals surface area (Å²) in [4.78, 5) is 24.8. The summed E-state index contributed by atoms with van der Waals surface area (Å²) >= 11 is 2.99. The Bertz CT molecular complexity index is 789. The number of H-pyrrole nitrogens is 1. The number of rotatable bonds is 2. The molecule has 0 amide bonds. The molecule has 1 heterocycles. The molecule has 0 unspecified atom stereocenters. The van der Waals surface area contributed by atoms with E-state index in [0.717, 1.165) is 4.57 Å². The van der Waals surface area contributed by atoms with Gasteiger partial charge in [0, 0.05) is 11.8 Å². The molecule has 2 aromatic rings. The molecule has 0 saturated carbocycles. The van der Waals surface area contributed by atoms with Crippen LogP contribution in [0.4, 0.5) is 4.39 Å². The van der Waals surface area contributed by atoms with Crippen molar-refractivity contribution >= 4 is 15.9 Å². The van der Waals surface area contributed by atoms with Gasteiger partial charge in [0.05, 0.1) is 22.7 Å². The quantitative estimate of drug-likeness (QED) is 0.906. The molecule has 1 aromatic carbocycles. The first-order valence-corrected chi connectivity index (χ1v) is 5.98. The molecule has 5 nitrogen and oxygen atoms in total. The van der Waals surface area contributed by atoms with Gasteiger partial charge in [-0.15, -0.1) is 0 Å². The van der Waals surface area contributed by atoms with E-state index in [-0.39, 0.29) is 16.6 Å². The number of halogens is 2. The largest absolute Gasteiger partial charge is 0.328 e. The molecule has 0 bridgehead atoms. The van der Waals surface area contributed by atoms with Crippen LogP contribution < -0.4 is 11.2 Å². The Kier molecular flexibility index (Phi) is 3.62. The molecular weight excluding hydrogens is 317 g/mol. The van der Waals surface area contributed by atoms with Crippen LogP contribution in [0.3, 0.4) is 0 Å². The van der Waals surface area contributed by atoms with Gasteiger partial charge in [-0.2, -0.15) is 5.26 Å². The summed E-state index contributed by atoms with van der Waals surface area (Å²) in [6, 6.07) is 5.77. The molecule has 0 spiro atoms. The van der Waals surface area contributed by atoms with E-state index in [1.54, 1.807) is 0 Å².